The summed E-state index contributed by atoms with van der Waals surface area (Å²) in [5.74, 6) is 0. The third-order valence-corrected chi connectivity index (χ3v) is 2.48. The van der Waals surface area contributed by atoms with Gasteiger partial charge in [-0.3, -0.25) is 0 Å². The summed E-state index contributed by atoms with van der Waals surface area (Å²) in [5, 5.41) is 9.64. The van der Waals surface area contributed by atoms with Crippen molar-refractivity contribution in [1.82, 2.24) is 0 Å². The first-order valence-corrected chi connectivity index (χ1v) is 5.15. The molecule has 1 nitrogen and oxygen atoms in total. The van der Waals surface area contributed by atoms with Crippen molar-refractivity contribution in [2.24, 2.45) is 0 Å². The Labute approximate surface area is 96.9 Å². The highest BCUT2D eigenvalue weighted by Gasteiger charge is 2.31. The molecule has 1 aromatic carbocycles. The third-order valence-electron chi connectivity index (χ3n) is 2.13. The average molecular weight is 253 g/mol. The fourth-order valence-corrected chi connectivity index (χ4v) is 1.72. The van der Waals surface area contributed by atoms with Crippen LogP contribution in [0.3, 0.4) is 0 Å². The predicted molar refractivity (Wildman–Crippen MR) is 56.6 cm³/mol. The van der Waals surface area contributed by atoms with Crippen LogP contribution in [0, 0.1) is 6.92 Å². The van der Waals surface area contributed by atoms with Crippen molar-refractivity contribution in [2.75, 3.05) is 0 Å². The molecule has 1 rings (SSSR count). The number of aryl methyl sites for hydroxylation is 1. The summed E-state index contributed by atoms with van der Waals surface area (Å²) < 4.78 is 35.9. The quantitative estimate of drug-likeness (QED) is 0.873. The molecule has 0 aliphatic carbocycles. The number of rotatable bonds is 3. The van der Waals surface area contributed by atoms with Gasteiger partial charge in [0.25, 0.3) is 0 Å². The Morgan fingerprint density at radius 1 is 1.38 bits per heavy atom. The van der Waals surface area contributed by atoms with Crippen LogP contribution in [-0.4, -0.2) is 17.4 Å². The molecule has 1 aromatic rings. The molecule has 0 bridgehead atoms. The first kappa shape index (κ1) is 13.3. The molecule has 0 saturated carbocycles. The molecular weight excluding hydrogens is 241 g/mol. The highest BCUT2D eigenvalue weighted by atomic mass is 35.5. The zero-order chi connectivity index (χ0) is 12.3. The lowest BCUT2D eigenvalue weighted by Gasteiger charge is -2.14. The lowest BCUT2D eigenvalue weighted by molar-refractivity contribution is -0.153. The molecule has 0 radical (unpaired) electrons. The van der Waals surface area contributed by atoms with Gasteiger partial charge in [-0.2, -0.15) is 13.2 Å². The summed E-state index contributed by atoms with van der Waals surface area (Å²) in [6.07, 6.45) is -7.09. The molecule has 0 aliphatic rings. The maximum atomic E-state index is 12.0. The first-order chi connectivity index (χ1) is 7.28. The van der Waals surface area contributed by atoms with Gasteiger partial charge in [0.2, 0.25) is 0 Å². The van der Waals surface area contributed by atoms with E-state index in [0.717, 1.165) is 5.56 Å². The van der Waals surface area contributed by atoms with E-state index in [2.05, 4.69) is 0 Å². The molecule has 0 fully saturated rings. The van der Waals surface area contributed by atoms with Gasteiger partial charge in [-0.05, 0) is 24.1 Å². The van der Waals surface area contributed by atoms with Crippen molar-refractivity contribution in [1.29, 1.82) is 0 Å². The maximum absolute atomic E-state index is 12.0. The zero-order valence-electron chi connectivity index (χ0n) is 8.68. The van der Waals surface area contributed by atoms with Crippen LogP contribution in [0.5, 0.6) is 0 Å². The second-order valence-corrected chi connectivity index (χ2v) is 4.18. The van der Waals surface area contributed by atoms with E-state index in [1.54, 1.807) is 18.2 Å². The SMILES string of the molecule is Cc1ccc(CC(O)CC(F)(F)F)c(Cl)c1. The van der Waals surface area contributed by atoms with E-state index < -0.39 is 18.7 Å². The molecule has 1 unspecified atom stereocenters. The molecule has 0 spiro atoms. The minimum Gasteiger partial charge on any atom is -0.392 e. The van der Waals surface area contributed by atoms with Crippen LogP contribution in [0.2, 0.25) is 5.02 Å². The van der Waals surface area contributed by atoms with Crippen LogP contribution in [-0.2, 0) is 6.42 Å². The van der Waals surface area contributed by atoms with Crippen LogP contribution in [0.25, 0.3) is 0 Å². The molecular formula is C11H12ClF3O. The summed E-state index contributed by atoms with van der Waals surface area (Å²) >= 11 is 5.85. The fourth-order valence-electron chi connectivity index (χ4n) is 1.41. The number of halogens is 4. The predicted octanol–water partition coefficient (Wildman–Crippen LogP) is 3.50. The van der Waals surface area contributed by atoms with Crippen molar-refractivity contribution in [3.8, 4) is 0 Å². The minimum atomic E-state index is -4.35. The van der Waals surface area contributed by atoms with Crippen molar-refractivity contribution in [2.45, 2.75) is 32.0 Å². The maximum Gasteiger partial charge on any atom is 0.391 e. The second kappa shape index (κ2) is 5.06. The summed E-state index contributed by atoms with van der Waals surface area (Å²) in [6.45, 7) is 1.84. The Kier molecular flexibility index (Phi) is 4.21. The van der Waals surface area contributed by atoms with E-state index in [1.807, 2.05) is 6.92 Å². The van der Waals surface area contributed by atoms with Gasteiger partial charge >= 0.3 is 6.18 Å². The highest BCUT2D eigenvalue weighted by Crippen LogP contribution is 2.25. The van der Waals surface area contributed by atoms with Crippen LogP contribution < -0.4 is 0 Å². The molecule has 5 heteroatoms. The van der Waals surface area contributed by atoms with Crippen LogP contribution >= 0.6 is 11.6 Å². The van der Waals surface area contributed by atoms with E-state index in [1.165, 1.54) is 0 Å². The standard InChI is InChI=1S/C11H12ClF3O/c1-7-2-3-8(10(12)4-7)5-9(16)6-11(13,14)15/h2-4,9,16H,5-6H2,1H3. The summed E-state index contributed by atoms with van der Waals surface area (Å²) in [6, 6.07) is 5.05. The lowest BCUT2D eigenvalue weighted by atomic mass is 10.0. The van der Waals surface area contributed by atoms with E-state index in [4.69, 9.17) is 11.6 Å². The van der Waals surface area contributed by atoms with Crippen LogP contribution in [0.1, 0.15) is 17.5 Å². The van der Waals surface area contributed by atoms with Gasteiger partial charge in [-0.25, -0.2) is 0 Å². The molecule has 0 aromatic heterocycles. The lowest BCUT2D eigenvalue weighted by Crippen LogP contribution is -2.21. The molecule has 0 saturated heterocycles. The summed E-state index contributed by atoms with van der Waals surface area (Å²) in [4.78, 5) is 0. The first-order valence-electron chi connectivity index (χ1n) is 4.78. The van der Waals surface area contributed by atoms with Gasteiger partial charge in [-0.15, -0.1) is 0 Å². The number of alkyl halides is 3. The molecule has 0 amide bonds. The van der Waals surface area contributed by atoms with E-state index in [-0.39, 0.29) is 6.42 Å². The third kappa shape index (κ3) is 4.41. The van der Waals surface area contributed by atoms with Crippen LogP contribution in [0.15, 0.2) is 18.2 Å². The Balaban J connectivity index is 2.66. The van der Waals surface area contributed by atoms with Crippen molar-refractivity contribution < 1.29 is 18.3 Å². The zero-order valence-corrected chi connectivity index (χ0v) is 9.44. The molecule has 0 heterocycles. The molecule has 0 aliphatic heterocycles. The normalized spacial score (nSPS) is 13.9. The van der Waals surface area contributed by atoms with Crippen molar-refractivity contribution in [3.63, 3.8) is 0 Å². The molecule has 90 valence electrons. The van der Waals surface area contributed by atoms with E-state index in [9.17, 15) is 18.3 Å². The van der Waals surface area contributed by atoms with Crippen molar-refractivity contribution >= 4 is 11.6 Å². The van der Waals surface area contributed by atoms with Gasteiger partial charge in [0.1, 0.15) is 0 Å². The Bertz CT molecular complexity index is 363. The molecule has 1 N–H and O–H groups in total. The summed E-state index contributed by atoms with van der Waals surface area (Å²) in [5.41, 5.74) is 1.46. The van der Waals surface area contributed by atoms with Gasteiger partial charge < -0.3 is 5.11 Å². The number of aliphatic hydroxyl groups excluding tert-OH is 1. The molecule has 1 atom stereocenters. The number of hydrogen-bond acceptors (Lipinski definition) is 1. The fraction of sp³-hybridized carbons (Fsp3) is 0.455. The minimum absolute atomic E-state index is 0.0847. The largest absolute Gasteiger partial charge is 0.392 e. The summed E-state index contributed by atoms with van der Waals surface area (Å²) in [7, 11) is 0. The number of benzene rings is 1. The Hall–Kier alpha value is -0.740. The Morgan fingerprint density at radius 3 is 2.50 bits per heavy atom. The van der Waals surface area contributed by atoms with E-state index >= 15 is 0 Å². The topological polar surface area (TPSA) is 20.2 Å². The van der Waals surface area contributed by atoms with Gasteiger partial charge in [0.15, 0.2) is 0 Å². The monoisotopic (exact) mass is 252 g/mol. The van der Waals surface area contributed by atoms with Gasteiger partial charge in [-0.1, -0.05) is 23.7 Å². The number of aliphatic hydroxyl groups is 1. The van der Waals surface area contributed by atoms with Crippen LogP contribution in [0.4, 0.5) is 13.2 Å². The second-order valence-electron chi connectivity index (χ2n) is 3.77. The average Bonchev–Trinajstić information content (AvgIpc) is 2.06. The highest BCUT2D eigenvalue weighted by molar-refractivity contribution is 6.31. The van der Waals surface area contributed by atoms with E-state index in [0.29, 0.717) is 10.6 Å². The Morgan fingerprint density at radius 2 is 2.00 bits per heavy atom. The van der Waals surface area contributed by atoms with Gasteiger partial charge in [0.05, 0.1) is 12.5 Å². The number of hydrogen-bond donors (Lipinski definition) is 1. The van der Waals surface area contributed by atoms with Crippen molar-refractivity contribution in [3.05, 3.63) is 34.3 Å². The smallest absolute Gasteiger partial charge is 0.391 e. The van der Waals surface area contributed by atoms with Gasteiger partial charge in [0, 0.05) is 11.4 Å². The molecule has 16 heavy (non-hydrogen) atoms.